The molecule has 0 unspecified atom stereocenters. The normalized spacial score (nSPS) is 5.29. The van der Waals surface area contributed by atoms with Crippen molar-refractivity contribution in [3.8, 4) is 0 Å². The van der Waals surface area contributed by atoms with Crippen LogP contribution in [0, 0.1) is 0 Å². The van der Waals surface area contributed by atoms with Gasteiger partial charge < -0.3 is 11.6 Å². The van der Waals surface area contributed by atoms with Gasteiger partial charge in [-0.05, 0) is 0 Å². The summed E-state index contributed by atoms with van der Waals surface area (Å²) >= 11 is 0. The van der Waals surface area contributed by atoms with Gasteiger partial charge in [-0.15, -0.1) is 0 Å². The summed E-state index contributed by atoms with van der Waals surface area (Å²) in [6.07, 6.45) is 0. The van der Waals surface area contributed by atoms with E-state index in [1.54, 1.807) is 0 Å². The molecule has 0 saturated heterocycles. The number of carboxylic acids is 1. The molecule has 0 spiro atoms. The SMILES string of the molecule is O=C(O)CO.[H-].[Na+].[Zr]. The van der Waals surface area contributed by atoms with Gasteiger partial charge in [0.25, 0.3) is 0 Å². The maximum atomic E-state index is 9.12. The Morgan fingerprint density at radius 2 is 1.86 bits per heavy atom. The molecule has 0 bridgehead atoms. The van der Waals surface area contributed by atoms with E-state index < -0.39 is 12.6 Å². The van der Waals surface area contributed by atoms with E-state index in [1.807, 2.05) is 0 Å². The van der Waals surface area contributed by atoms with Crippen LogP contribution in [-0.4, -0.2) is 22.8 Å². The molecule has 0 amide bonds. The van der Waals surface area contributed by atoms with Crippen LogP contribution in [0.15, 0.2) is 0 Å². The zero-order chi connectivity index (χ0) is 4.28. The molecular formula is C2H5NaO3Zr. The van der Waals surface area contributed by atoms with Crippen LogP contribution >= 0.6 is 0 Å². The average Bonchev–Trinajstić information content (AvgIpc) is 1.38. The smallest absolute Gasteiger partial charge is 1.00 e. The minimum Gasteiger partial charge on any atom is -1.00 e. The van der Waals surface area contributed by atoms with Crippen molar-refractivity contribution in [1.29, 1.82) is 0 Å². The number of hydrogen-bond acceptors (Lipinski definition) is 2. The van der Waals surface area contributed by atoms with E-state index in [9.17, 15) is 0 Å². The Morgan fingerprint density at radius 1 is 1.71 bits per heavy atom. The van der Waals surface area contributed by atoms with Crippen LogP contribution in [0.4, 0.5) is 0 Å². The average molecular weight is 191 g/mol. The molecule has 0 aromatic rings. The molecule has 0 radical (unpaired) electrons. The molecule has 0 aromatic heterocycles. The Kier molecular flexibility index (Phi) is 23.2. The third-order valence-electron chi connectivity index (χ3n) is 0.135. The molecule has 0 atom stereocenters. The van der Waals surface area contributed by atoms with Gasteiger partial charge in [-0.2, -0.15) is 0 Å². The van der Waals surface area contributed by atoms with Crippen molar-refractivity contribution in [2.24, 2.45) is 0 Å². The fraction of sp³-hybridized carbons (Fsp3) is 0.500. The van der Waals surface area contributed by atoms with Gasteiger partial charge in [0.15, 0.2) is 0 Å². The van der Waals surface area contributed by atoms with Crippen molar-refractivity contribution in [3.63, 3.8) is 0 Å². The number of carbonyl (C=O) groups is 1. The first-order valence-corrected chi connectivity index (χ1v) is 1.10. The van der Waals surface area contributed by atoms with Gasteiger partial charge in [0.1, 0.15) is 6.61 Å². The van der Waals surface area contributed by atoms with Crippen LogP contribution in [-0.2, 0) is 31.0 Å². The topological polar surface area (TPSA) is 57.5 Å². The molecule has 2 N–H and O–H groups in total. The van der Waals surface area contributed by atoms with E-state index in [4.69, 9.17) is 15.0 Å². The second-order valence-electron chi connectivity index (χ2n) is 0.552. The molecule has 0 rings (SSSR count). The summed E-state index contributed by atoms with van der Waals surface area (Å²) in [4.78, 5) is 9.12. The van der Waals surface area contributed by atoms with Gasteiger partial charge in [0.2, 0.25) is 0 Å². The standard InChI is InChI=1S/C2H4O3.Na.Zr.H/c3-1-2(4)5;;;/h3H,1H2,(H,4,5);;;/q;+1;;-1. The molecule has 0 aromatic carbocycles. The number of aliphatic hydroxyl groups is 1. The third kappa shape index (κ3) is 18.8. The van der Waals surface area contributed by atoms with Gasteiger partial charge in [0, 0.05) is 26.2 Å². The zero-order valence-electron chi connectivity index (χ0n) is 5.01. The minimum absolute atomic E-state index is 0. The molecule has 0 fully saturated rings. The third-order valence-corrected chi connectivity index (χ3v) is 0.135. The second kappa shape index (κ2) is 10.3. The Morgan fingerprint density at radius 3 is 1.86 bits per heavy atom. The van der Waals surface area contributed by atoms with Crippen LogP contribution in [0.25, 0.3) is 0 Å². The van der Waals surface area contributed by atoms with E-state index in [1.165, 1.54) is 0 Å². The summed E-state index contributed by atoms with van der Waals surface area (Å²) in [6.45, 7) is -0.778. The van der Waals surface area contributed by atoms with Gasteiger partial charge in [-0.3, -0.25) is 0 Å². The van der Waals surface area contributed by atoms with Crippen LogP contribution in [0.1, 0.15) is 1.43 Å². The van der Waals surface area contributed by atoms with E-state index in [-0.39, 0.29) is 57.2 Å². The molecule has 0 aliphatic carbocycles. The van der Waals surface area contributed by atoms with Crippen LogP contribution < -0.4 is 29.6 Å². The molecule has 7 heavy (non-hydrogen) atoms. The van der Waals surface area contributed by atoms with Crippen molar-refractivity contribution in [2.75, 3.05) is 6.61 Å². The van der Waals surface area contributed by atoms with Gasteiger partial charge in [-0.25, -0.2) is 4.79 Å². The van der Waals surface area contributed by atoms with E-state index in [0.717, 1.165) is 0 Å². The Labute approximate surface area is 84.0 Å². The maximum absolute atomic E-state index is 9.12. The monoisotopic (exact) mass is 190 g/mol. The van der Waals surface area contributed by atoms with Crippen molar-refractivity contribution < 1.29 is 72.2 Å². The number of rotatable bonds is 1. The maximum Gasteiger partial charge on any atom is 1.00 e. The quantitative estimate of drug-likeness (QED) is 0.418. The summed E-state index contributed by atoms with van der Waals surface area (Å²) < 4.78 is 0. The summed E-state index contributed by atoms with van der Waals surface area (Å²) in [5, 5.41) is 15.0. The number of aliphatic carboxylic acids is 1. The number of carboxylic acid groups (broad SMARTS) is 1. The predicted octanol–water partition coefficient (Wildman–Crippen LogP) is -3.82. The van der Waals surface area contributed by atoms with Crippen molar-refractivity contribution in [3.05, 3.63) is 0 Å². The molecule has 0 saturated carbocycles. The first-order valence-electron chi connectivity index (χ1n) is 1.10. The summed E-state index contributed by atoms with van der Waals surface area (Å²) in [5.74, 6) is -1.19. The fourth-order valence-electron chi connectivity index (χ4n) is 0. The van der Waals surface area contributed by atoms with Gasteiger partial charge in [-0.1, -0.05) is 0 Å². The largest absolute Gasteiger partial charge is 1.00 e. The summed E-state index contributed by atoms with van der Waals surface area (Å²) in [5.41, 5.74) is 0. The Bertz CT molecular complexity index is 52.5. The summed E-state index contributed by atoms with van der Waals surface area (Å²) in [7, 11) is 0. The Hall–Kier alpha value is 1.31. The number of aliphatic hydroxyl groups excluding tert-OH is 1. The molecule has 0 heterocycles. The van der Waals surface area contributed by atoms with Crippen LogP contribution in [0.2, 0.25) is 0 Å². The van der Waals surface area contributed by atoms with Crippen molar-refractivity contribution in [2.45, 2.75) is 0 Å². The zero-order valence-corrected chi connectivity index (χ0v) is 8.47. The first-order chi connectivity index (χ1) is 2.27. The number of hydrogen-bond donors (Lipinski definition) is 2. The van der Waals surface area contributed by atoms with Gasteiger partial charge >= 0.3 is 35.5 Å². The first kappa shape index (κ1) is 15.7. The molecule has 3 nitrogen and oxygen atoms in total. The molecule has 0 aliphatic heterocycles. The van der Waals surface area contributed by atoms with Crippen LogP contribution in [0.5, 0.6) is 0 Å². The summed E-state index contributed by atoms with van der Waals surface area (Å²) in [6, 6.07) is 0. The molecule has 5 heteroatoms. The minimum atomic E-state index is -1.19. The van der Waals surface area contributed by atoms with Crippen molar-refractivity contribution >= 4 is 5.97 Å². The van der Waals surface area contributed by atoms with Gasteiger partial charge in [0.05, 0.1) is 0 Å². The molecule has 36 valence electrons. The molecule has 0 aliphatic rings. The van der Waals surface area contributed by atoms with E-state index in [0.29, 0.717) is 0 Å². The Balaban J connectivity index is -0.0000000267. The van der Waals surface area contributed by atoms with Crippen molar-refractivity contribution in [1.82, 2.24) is 0 Å². The second-order valence-corrected chi connectivity index (χ2v) is 0.552. The van der Waals surface area contributed by atoms with Crippen LogP contribution in [0.3, 0.4) is 0 Å². The van der Waals surface area contributed by atoms with E-state index >= 15 is 0 Å². The molecular weight excluding hydrogens is 186 g/mol. The fourth-order valence-corrected chi connectivity index (χ4v) is 0. The van der Waals surface area contributed by atoms with E-state index in [2.05, 4.69) is 0 Å². The predicted molar refractivity (Wildman–Crippen MR) is 15.8 cm³/mol.